The van der Waals surface area contributed by atoms with E-state index in [0.29, 0.717) is 11.4 Å². The first kappa shape index (κ1) is 25.7. The molecule has 2 aromatic heterocycles. The fraction of sp³-hybridized carbons (Fsp3) is 0.565. The van der Waals surface area contributed by atoms with Gasteiger partial charge < -0.3 is 20.6 Å². The molecule has 1 aliphatic heterocycles. The van der Waals surface area contributed by atoms with Gasteiger partial charge in [0.2, 0.25) is 17.7 Å². The number of β-amino-alcohol motifs (C(OH)–C–C–N with tert-alkyl or cyclic N) is 1. The second-order valence-corrected chi connectivity index (χ2v) is 10.6. The van der Waals surface area contributed by atoms with E-state index in [-0.39, 0.29) is 18.9 Å². The van der Waals surface area contributed by atoms with Crippen LogP contribution in [0.4, 0.5) is 0 Å². The number of amides is 3. The highest BCUT2D eigenvalue weighted by molar-refractivity contribution is 7.13. The Hall–Kier alpha value is -2.92. The number of aliphatic hydroxyl groups is 1. The van der Waals surface area contributed by atoms with Crippen LogP contribution in [0.5, 0.6) is 0 Å². The van der Waals surface area contributed by atoms with Gasteiger partial charge in [0.1, 0.15) is 17.8 Å². The molecule has 1 unspecified atom stereocenters. The summed E-state index contributed by atoms with van der Waals surface area (Å²) in [6.45, 7) is 10.6. The number of aromatic nitrogens is 3. The Morgan fingerprint density at radius 1 is 1.18 bits per heavy atom. The van der Waals surface area contributed by atoms with E-state index in [0.717, 1.165) is 10.6 Å². The van der Waals surface area contributed by atoms with Crippen molar-refractivity contribution in [3.05, 3.63) is 29.3 Å². The maximum absolute atomic E-state index is 13.3. The van der Waals surface area contributed by atoms with E-state index in [4.69, 9.17) is 0 Å². The van der Waals surface area contributed by atoms with Crippen molar-refractivity contribution in [1.29, 1.82) is 0 Å². The molecule has 10 nitrogen and oxygen atoms in total. The lowest BCUT2D eigenvalue weighted by Crippen LogP contribution is -2.57. The van der Waals surface area contributed by atoms with Gasteiger partial charge in [0.05, 0.1) is 46.3 Å². The number of nitrogens with zero attached hydrogens (tertiary/aromatic N) is 4. The first-order valence-electron chi connectivity index (χ1n) is 11.2. The number of aliphatic hydroxyl groups excluding tert-OH is 1. The Bertz CT molecular complexity index is 1050. The van der Waals surface area contributed by atoms with Crippen LogP contribution >= 0.6 is 11.3 Å². The SMILES string of the molecule is CC(=O)N[C@H](C(=O)N1C[C@H](O)C[C@H]1C(=O)NC(C)c1cnc(-c2scnc2C)cn1)C(C)(C)C. The Balaban J connectivity index is 1.72. The molecule has 4 atom stereocenters. The summed E-state index contributed by atoms with van der Waals surface area (Å²) < 4.78 is 0. The average molecular weight is 489 g/mol. The number of hydrogen-bond acceptors (Lipinski definition) is 8. The highest BCUT2D eigenvalue weighted by Gasteiger charge is 2.44. The Morgan fingerprint density at radius 3 is 2.41 bits per heavy atom. The summed E-state index contributed by atoms with van der Waals surface area (Å²) in [7, 11) is 0. The molecule has 1 saturated heterocycles. The molecule has 0 spiro atoms. The normalized spacial score (nSPS) is 20.0. The highest BCUT2D eigenvalue weighted by Crippen LogP contribution is 2.27. The number of likely N-dealkylation sites (tertiary alicyclic amines) is 1. The summed E-state index contributed by atoms with van der Waals surface area (Å²) in [5, 5.41) is 15.8. The quantitative estimate of drug-likeness (QED) is 0.561. The molecule has 0 saturated carbocycles. The van der Waals surface area contributed by atoms with Crippen molar-refractivity contribution in [3.63, 3.8) is 0 Å². The van der Waals surface area contributed by atoms with Crippen molar-refractivity contribution < 1.29 is 19.5 Å². The van der Waals surface area contributed by atoms with Crippen molar-refractivity contribution in [2.45, 2.75) is 72.2 Å². The van der Waals surface area contributed by atoms with Crippen LogP contribution in [0.1, 0.15) is 58.5 Å². The van der Waals surface area contributed by atoms with Crippen LogP contribution in [0.2, 0.25) is 0 Å². The molecule has 34 heavy (non-hydrogen) atoms. The molecule has 11 heteroatoms. The molecular weight excluding hydrogens is 456 g/mol. The van der Waals surface area contributed by atoms with Crippen LogP contribution in [0.15, 0.2) is 17.9 Å². The second kappa shape index (κ2) is 10.1. The zero-order valence-corrected chi connectivity index (χ0v) is 21.1. The van der Waals surface area contributed by atoms with E-state index in [2.05, 4.69) is 25.6 Å². The lowest BCUT2D eigenvalue weighted by Gasteiger charge is -2.35. The fourth-order valence-electron chi connectivity index (χ4n) is 3.93. The molecule has 3 amide bonds. The molecule has 0 bridgehead atoms. The third-order valence-electron chi connectivity index (χ3n) is 5.78. The molecule has 184 valence electrons. The monoisotopic (exact) mass is 488 g/mol. The molecule has 2 aromatic rings. The number of nitrogens with one attached hydrogen (secondary N) is 2. The second-order valence-electron chi connectivity index (χ2n) is 9.72. The van der Waals surface area contributed by atoms with Crippen LogP contribution in [0, 0.1) is 12.3 Å². The van der Waals surface area contributed by atoms with E-state index in [9.17, 15) is 19.5 Å². The number of hydrogen-bond donors (Lipinski definition) is 3. The van der Waals surface area contributed by atoms with Crippen LogP contribution < -0.4 is 10.6 Å². The summed E-state index contributed by atoms with van der Waals surface area (Å²) in [5.41, 5.74) is 3.34. The van der Waals surface area contributed by atoms with Crippen LogP contribution in [-0.2, 0) is 14.4 Å². The fourth-order valence-corrected chi connectivity index (χ4v) is 4.70. The number of aryl methyl sites for hydroxylation is 1. The number of thiazole rings is 1. The van der Waals surface area contributed by atoms with Crippen molar-refractivity contribution in [3.8, 4) is 10.6 Å². The lowest BCUT2D eigenvalue weighted by molar-refractivity contribution is -0.144. The Morgan fingerprint density at radius 2 is 1.88 bits per heavy atom. The maximum Gasteiger partial charge on any atom is 0.246 e. The van der Waals surface area contributed by atoms with Gasteiger partial charge in [-0.3, -0.25) is 24.4 Å². The van der Waals surface area contributed by atoms with Crippen LogP contribution in [-0.4, -0.2) is 67.4 Å². The van der Waals surface area contributed by atoms with Crippen molar-refractivity contribution in [2.75, 3.05) is 6.54 Å². The Kier molecular flexibility index (Phi) is 7.67. The van der Waals surface area contributed by atoms with E-state index in [1.54, 1.807) is 24.8 Å². The zero-order chi connectivity index (χ0) is 25.2. The van der Waals surface area contributed by atoms with E-state index in [1.807, 2.05) is 27.7 Å². The maximum atomic E-state index is 13.3. The molecule has 0 aromatic carbocycles. The summed E-state index contributed by atoms with van der Waals surface area (Å²) >= 11 is 1.48. The first-order chi connectivity index (χ1) is 15.9. The van der Waals surface area contributed by atoms with Gasteiger partial charge in [0.25, 0.3) is 0 Å². The third-order valence-corrected chi connectivity index (χ3v) is 6.73. The Labute approximate surface area is 203 Å². The number of carbonyl (C=O) groups excluding carboxylic acids is 3. The largest absolute Gasteiger partial charge is 0.391 e. The van der Waals surface area contributed by atoms with Gasteiger partial charge in [-0.05, 0) is 19.3 Å². The summed E-state index contributed by atoms with van der Waals surface area (Å²) in [6.07, 6.45) is 2.55. The van der Waals surface area contributed by atoms with Gasteiger partial charge in [-0.1, -0.05) is 20.8 Å². The molecular formula is C23H32N6O4S. The summed E-state index contributed by atoms with van der Waals surface area (Å²) in [6, 6.07) is -2.13. The van der Waals surface area contributed by atoms with Gasteiger partial charge in [0, 0.05) is 19.9 Å². The molecule has 3 heterocycles. The lowest BCUT2D eigenvalue weighted by atomic mass is 9.85. The van der Waals surface area contributed by atoms with Gasteiger partial charge >= 0.3 is 0 Å². The van der Waals surface area contributed by atoms with Crippen molar-refractivity contribution >= 4 is 29.1 Å². The summed E-state index contributed by atoms with van der Waals surface area (Å²) in [5.74, 6) is -1.12. The minimum absolute atomic E-state index is 0.0279. The number of carbonyl (C=O) groups is 3. The molecule has 1 aliphatic rings. The van der Waals surface area contributed by atoms with E-state index in [1.165, 1.54) is 23.2 Å². The van der Waals surface area contributed by atoms with Gasteiger partial charge in [-0.2, -0.15) is 0 Å². The molecule has 0 aliphatic carbocycles. The standard InChI is InChI=1S/C23H32N6O4S/c1-12(16-8-25-17(9-24-16)19-13(2)26-11-34-19)27-21(32)18-7-15(31)10-29(18)22(33)20(23(4,5)6)28-14(3)30/h8-9,11-12,15,18,20,31H,7,10H2,1-6H3,(H,27,32)(H,28,30)/t12?,15-,18+,20-/m1/s1. The van der Waals surface area contributed by atoms with Crippen molar-refractivity contribution in [1.82, 2.24) is 30.5 Å². The van der Waals surface area contributed by atoms with E-state index < -0.39 is 41.5 Å². The van der Waals surface area contributed by atoms with Crippen LogP contribution in [0.3, 0.4) is 0 Å². The third kappa shape index (κ3) is 5.76. The minimum atomic E-state index is -0.851. The molecule has 1 fully saturated rings. The zero-order valence-electron chi connectivity index (χ0n) is 20.3. The van der Waals surface area contributed by atoms with Crippen molar-refractivity contribution in [2.24, 2.45) is 5.41 Å². The summed E-state index contributed by atoms with van der Waals surface area (Å²) in [4.78, 5) is 53.6. The van der Waals surface area contributed by atoms with E-state index >= 15 is 0 Å². The first-order valence-corrected chi connectivity index (χ1v) is 12.0. The van der Waals surface area contributed by atoms with Gasteiger partial charge in [-0.25, -0.2) is 4.98 Å². The van der Waals surface area contributed by atoms with Gasteiger partial charge in [-0.15, -0.1) is 11.3 Å². The molecule has 3 N–H and O–H groups in total. The van der Waals surface area contributed by atoms with Gasteiger partial charge in [0.15, 0.2) is 0 Å². The minimum Gasteiger partial charge on any atom is -0.391 e. The predicted molar refractivity (Wildman–Crippen MR) is 128 cm³/mol. The molecule has 3 rings (SSSR count). The predicted octanol–water partition coefficient (Wildman–Crippen LogP) is 1.60. The highest BCUT2D eigenvalue weighted by atomic mass is 32.1. The average Bonchev–Trinajstić information content (AvgIpc) is 3.36. The molecule has 0 radical (unpaired) electrons. The topological polar surface area (TPSA) is 137 Å². The smallest absolute Gasteiger partial charge is 0.246 e. The number of rotatable bonds is 6. The van der Waals surface area contributed by atoms with Crippen LogP contribution in [0.25, 0.3) is 10.6 Å².